The Bertz CT molecular complexity index is 1020. The summed E-state index contributed by atoms with van der Waals surface area (Å²) in [5, 5.41) is 1.19. The van der Waals surface area contributed by atoms with Gasteiger partial charge in [0.1, 0.15) is 0 Å². The molecule has 5 nitrogen and oxygen atoms in total. The van der Waals surface area contributed by atoms with Crippen LogP contribution in [-0.4, -0.2) is 55.2 Å². The molecule has 158 valence electrons. The molecule has 1 amide bonds. The number of carbonyl (C=O) groups excluding carboxylic acids is 1. The second-order valence-corrected chi connectivity index (χ2v) is 8.81. The van der Waals surface area contributed by atoms with Gasteiger partial charge < -0.3 is 4.74 Å². The van der Waals surface area contributed by atoms with Crippen molar-refractivity contribution in [2.45, 2.75) is 19.8 Å². The van der Waals surface area contributed by atoms with Gasteiger partial charge in [-0.05, 0) is 42.7 Å². The predicted octanol–water partition coefficient (Wildman–Crippen LogP) is 4.88. The van der Waals surface area contributed by atoms with Crippen molar-refractivity contribution < 1.29 is 9.53 Å². The molecule has 1 saturated heterocycles. The number of fused-ring (bicyclic) bond motifs is 1. The highest BCUT2D eigenvalue weighted by atomic mass is 35.5. The smallest absolute Gasteiger partial charge is 0.261 e. The number of anilines is 1. The predicted molar refractivity (Wildman–Crippen MR) is 124 cm³/mol. The quantitative estimate of drug-likeness (QED) is 0.522. The van der Waals surface area contributed by atoms with Crippen molar-refractivity contribution in [1.82, 2.24) is 9.88 Å². The molecule has 1 aliphatic heterocycles. The molecule has 1 aromatic heterocycles. The lowest BCUT2D eigenvalue weighted by molar-refractivity contribution is 0.0376. The zero-order valence-corrected chi connectivity index (χ0v) is 18.7. The van der Waals surface area contributed by atoms with Crippen LogP contribution in [0.4, 0.5) is 5.13 Å². The van der Waals surface area contributed by atoms with Crippen LogP contribution in [0.2, 0.25) is 5.02 Å². The number of hydrogen-bond acceptors (Lipinski definition) is 5. The summed E-state index contributed by atoms with van der Waals surface area (Å²) >= 11 is 7.91. The molecule has 2 aromatic carbocycles. The van der Waals surface area contributed by atoms with Gasteiger partial charge in [0.2, 0.25) is 0 Å². The number of rotatable bonds is 7. The molecule has 0 radical (unpaired) electrons. The van der Waals surface area contributed by atoms with Crippen LogP contribution in [0.25, 0.3) is 10.2 Å². The van der Waals surface area contributed by atoms with Gasteiger partial charge in [0.15, 0.2) is 5.13 Å². The zero-order chi connectivity index (χ0) is 20.9. The van der Waals surface area contributed by atoms with Crippen LogP contribution in [-0.2, 0) is 11.2 Å². The Kier molecular flexibility index (Phi) is 7.00. The van der Waals surface area contributed by atoms with E-state index in [1.54, 1.807) is 28.4 Å². The summed E-state index contributed by atoms with van der Waals surface area (Å²) in [6.45, 7) is 7.11. The number of ether oxygens (including phenoxy) is 1. The average molecular weight is 444 g/mol. The molecule has 30 heavy (non-hydrogen) atoms. The van der Waals surface area contributed by atoms with E-state index in [0.717, 1.165) is 61.0 Å². The van der Waals surface area contributed by atoms with Gasteiger partial charge in [0.25, 0.3) is 5.91 Å². The Morgan fingerprint density at radius 2 is 2.03 bits per heavy atom. The number of hydrogen-bond donors (Lipinski definition) is 0. The van der Waals surface area contributed by atoms with Gasteiger partial charge in [0, 0.05) is 26.2 Å². The van der Waals surface area contributed by atoms with Crippen molar-refractivity contribution in [2.75, 3.05) is 44.3 Å². The van der Waals surface area contributed by atoms with Gasteiger partial charge in [-0.25, -0.2) is 4.98 Å². The lowest BCUT2D eigenvalue weighted by atomic mass is 10.2. The van der Waals surface area contributed by atoms with Gasteiger partial charge >= 0.3 is 0 Å². The molecule has 3 aromatic rings. The minimum atomic E-state index is -0.0997. The number of morpholine rings is 1. The van der Waals surface area contributed by atoms with E-state index in [-0.39, 0.29) is 5.91 Å². The summed E-state index contributed by atoms with van der Waals surface area (Å²) in [4.78, 5) is 22.4. The van der Waals surface area contributed by atoms with Gasteiger partial charge in [-0.3, -0.25) is 14.6 Å². The third-order valence-electron chi connectivity index (χ3n) is 5.39. The molecule has 1 aliphatic rings. The standard InChI is InChI=1S/C23H26ClN3O2S/c1-2-17-8-9-20-21(16-17)30-23(25-20)27(11-5-10-26-12-14-29-15-13-26)22(28)18-6-3-4-7-19(18)24/h3-4,6-9,16H,2,5,10-15H2,1H3. The fourth-order valence-electron chi connectivity index (χ4n) is 3.63. The maximum atomic E-state index is 13.4. The Morgan fingerprint density at radius 3 is 2.80 bits per heavy atom. The number of aryl methyl sites for hydroxylation is 1. The highest BCUT2D eigenvalue weighted by molar-refractivity contribution is 7.22. The number of thiazole rings is 1. The molecular weight excluding hydrogens is 418 g/mol. The molecule has 0 saturated carbocycles. The maximum Gasteiger partial charge on any atom is 0.261 e. The molecular formula is C23H26ClN3O2S. The van der Waals surface area contributed by atoms with Crippen LogP contribution >= 0.6 is 22.9 Å². The van der Waals surface area contributed by atoms with Crippen molar-refractivity contribution in [3.63, 3.8) is 0 Å². The Morgan fingerprint density at radius 1 is 1.23 bits per heavy atom. The summed E-state index contributed by atoms with van der Waals surface area (Å²) in [6.07, 6.45) is 1.84. The first kappa shape index (κ1) is 21.2. The van der Waals surface area contributed by atoms with Crippen LogP contribution in [0.15, 0.2) is 42.5 Å². The number of amides is 1. The highest BCUT2D eigenvalue weighted by Gasteiger charge is 2.23. The maximum absolute atomic E-state index is 13.4. The zero-order valence-electron chi connectivity index (χ0n) is 17.1. The molecule has 0 N–H and O–H groups in total. The lowest BCUT2D eigenvalue weighted by Crippen LogP contribution is -2.39. The number of aromatic nitrogens is 1. The largest absolute Gasteiger partial charge is 0.379 e. The number of nitrogens with zero attached hydrogens (tertiary/aromatic N) is 3. The van der Waals surface area contributed by atoms with Gasteiger partial charge in [-0.15, -0.1) is 0 Å². The fourth-order valence-corrected chi connectivity index (χ4v) is 4.90. The molecule has 0 bridgehead atoms. The Balaban J connectivity index is 1.59. The van der Waals surface area contributed by atoms with Crippen molar-refractivity contribution in [3.8, 4) is 0 Å². The second-order valence-electron chi connectivity index (χ2n) is 7.40. The van der Waals surface area contributed by atoms with Gasteiger partial charge in [-0.2, -0.15) is 0 Å². The third kappa shape index (κ3) is 4.83. The Hall–Kier alpha value is -1.99. The minimum absolute atomic E-state index is 0.0997. The molecule has 0 spiro atoms. The molecule has 1 fully saturated rings. The summed E-state index contributed by atoms with van der Waals surface area (Å²) in [7, 11) is 0. The molecule has 0 atom stereocenters. The van der Waals surface area contributed by atoms with Crippen molar-refractivity contribution in [2.24, 2.45) is 0 Å². The summed E-state index contributed by atoms with van der Waals surface area (Å²) in [6, 6.07) is 13.5. The van der Waals surface area contributed by atoms with Crippen LogP contribution in [0, 0.1) is 0 Å². The first-order valence-corrected chi connectivity index (χ1v) is 11.6. The molecule has 0 unspecified atom stereocenters. The number of halogens is 1. The molecule has 0 aliphatic carbocycles. The van der Waals surface area contributed by atoms with Crippen molar-refractivity contribution in [3.05, 3.63) is 58.6 Å². The first-order chi connectivity index (χ1) is 14.7. The van der Waals surface area contributed by atoms with E-state index in [1.165, 1.54) is 5.56 Å². The van der Waals surface area contributed by atoms with E-state index in [2.05, 4.69) is 24.0 Å². The first-order valence-electron chi connectivity index (χ1n) is 10.4. The fraction of sp³-hybridized carbons (Fsp3) is 0.391. The van der Waals surface area contributed by atoms with E-state index in [9.17, 15) is 4.79 Å². The van der Waals surface area contributed by atoms with E-state index in [0.29, 0.717) is 17.1 Å². The average Bonchev–Trinajstić information content (AvgIpc) is 3.20. The van der Waals surface area contributed by atoms with Crippen LogP contribution in [0.1, 0.15) is 29.3 Å². The van der Waals surface area contributed by atoms with Crippen LogP contribution in [0.5, 0.6) is 0 Å². The lowest BCUT2D eigenvalue weighted by Gasteiger charge is -2.27. The second kappa shape index (κ2) is 9.88. The van der Waals surface area contributed by atoms with E-state index in [1.807, 2.05) is 18.2 Å². The third-order valence-corrected chi connectivity index (χ3v) is 6.76. The van der Waals surface area contributed by atoms with Gasteiger partial charge in [-0.1, -0.05) is 48.1 Å². The number of carbonyl (C=O) groups is 1. The summed E-state index contributed by atoms with van der Waals surface area (Å²) < 4.78 is 6.54. The Labute approximate surface area is 186 Å². The summed E-state index contributed by atoms with van der Waals surface area (Å²) in [5.41, 5.74) is 2.71. The van der Waals surface area contributed by atoms with Crippen LogP contribution < -0.4 is 4.90 Å². The normalized spacial score (nSPS) is 14.9. The molecule has 7 heteroatoms. The molecule has 4 rings (SSSR count). The van der Waals surface area contributed by atoms with E-state index >= 15 is 0 Å². The highest BCUT2D eigenvalue weighted by Crippen LogP contribution is 2.31. The minimum Gasteiger partial charge on any atom is -0.379 e. The monoisotopic (exact) mass is 443 g/mol. The van der Waals surface area contributed by atoms with Crippen molar-refractivity contribution in [1.29, 1.82) is 0 Å². The SMILES string of the molecule is CCc1ccc2nc(N(CCCN3CCOCC3)C(=O)c3ccccc3Cl)sc2c1. The van der Waals surface area contributed by atoms with Gasteiger partial charge in [0.05, 0.1) is 34.0 Å². The topological polar surface area (TPSA) is 45.7 Å². The van der Waals surface area contributed by atoms with E-state index < -0.39 is 0 Å². The molecule has 2 heterocycles. The number of benzene rings is 2. The van der Waals surface area contributed by atoms with Crippen LogP contribution in [0.3, 0.4) is 0 Å². The van der Waals surface area contributed by atoms with E-state index in [4.69, 9.17) is 21.3 Å². The summed E-state index contributed by atoms with van der Waals surface area (Å²) in [5.74, 6) is -0.0997. The van der Waals surface area contributed by atoms with Crippen molar-refractivity contribution >= 4 is 44.2 Å².